The SMILES string of the molecule is CN1N=C(C(=O)N2CCC[C@H]2c2ccc3c(c2)OCCO3)CCC1=O. The number of ether oxygens (including phenoxy) is 2. The van der Waals surface area contributed by atoms with Gasteiger partial charge in [-0.15, -0.1) is 0 Å². The Bertz CT molecular complexity index is 746. The highest BCUT2D eigenvalue weighted by Gasteiger charge is 2.34. The average molecular weight is 343 g/mol. The quantitative estimate of drug-likeness (QED) is 0.820. The van der Waals surface area contributed by atoms with Crippen molar-refractivity contribution >= 4 is 17.5 Å². The van der Waals surface area contributed by atoms with E-state index in [-0.39, 0.29) is 17.9 Å². The molecule has 25 heavy (non-hydrogen) atoms. The Balaban J connectivity index is 1.57. The molecule has 0 bridgehead atoms. The number of fused-ring (bicyclic) bond motifs is 1. The first-order valence-electron chi connectivity index (χ1n) is 8.68. The van der Waals surface area contributed by atoms with Crippen LogP contribution >= 0.6 is 0 Å². The first kappa shape index (κ1) is 15.9. The molecule has 1 aromatic rings. The lowest BCUT2D eigenvalue weighted by Crippen LogP contribution is -2.40. The van der Waals surface area contributed by atoms with Gasteiger partial charge in [-0.2, -0.15) is 5.10 Å². The zero-order valence-corrected chi connectivity index (χ0v) is 14.2. The molecule has 0 aliphatic carbocycles. The van der Waals surface area contributed by atoms with E-state index in [1.807, 2.05) is 23.1 Å². The summed E-state index contributed by atoms with van der Waals surface area (Å²) in [7, 11) is 1.59. The van der Waals surface area contributed by atoms with Crippen LogP contribution in [0.2, 0.25) is 0 Å². The molecule has 7 heteroatoms. The second-order valence-corrected chi connectivity index (χ2v) is 6.52. The molecule has 1 saturated heterocycles. The summed E-state index contributed by atoms with van der Waals surface area (Å²) in [5.41, 5.74) is 1.52. The van der Waals surface area contributed by atoms with E-state index in [0.29, 0.717) is 38.3 Å². The van der Waals surface area contributed by atoms with Crippen molar-refractivity contribution in [1.29, 1.82) is 0 Å². The van der Waals surface area contributed by atoms with Crippen molar-refractivity contribution in [3.8, 4) is 11.5 Å². The van der Waals surface area contributed by atoms with Gasteiger partial charge in [0, 0.05) is 26.4 Å². The second kappa shape index (κ2) is 6.38. The van der Waals surface area contributed by atoms with E-state index in [9.17, 15) is 9.59 Å². The van der Waals surface area contributed by atoms with Crippen molar-refractivity contribution in [3.63, 3.8) is 0 Å². The van der Waals surface area contributed by atoms with Crippen LogP contribution in [-0.4, -0.2) is 54.2 Å². The average Bonchev–Trinajstić information content (AvgIpc) is 3.12. The summed E-state index contributed by atoms with van der Waals surface area (Å²) in [4.78, 5) is 26.4. The standard InChI is InChI=1S/C18H21N3O4/c1-20-17(22)7-5-13(19-20)18(23)21-8-2-3-14(21)12-4-6-15-16(11-12)25-10-9-24-15/h4,6,11,14H,2-3,5,7-10H2,1H3/t14-/m0/s1. The van der Waals surface area contributed by atoms with E-state index in [1.54, 1.807) is 7.05 Å². The van der Waals surface area contributed by atoms with Crippen molar-refractivity contribution < 1.29 is 19.1 Å². The molecule has 1 aromatic carbocycles. The van der Waals surface area contributed by atoms with E-state index >= 15 is 0 Å². The zero-order chi connectivity index (χ0) is 17.4. The predicted octanol–water partition coefficient (Wildman–Crippen LogP) is 1.73. The van der Waals surface area contributed by atoms with Gasteiger partial charge in [-0.05, 0) is 30.5 Å². The smallest absolute Gasteiger partial charge is 0.270 e. The predicted molar refractivity (Wildman–Crippen MR) is 90.6 cm³/mol. The van der Waals surface area contributed by atoms with E-state index in [1.165, 1.54) is 5.01 Å². The van der Waals surface area contributed by atoms with Crippen molar-refractivity contribution in [2.45, 2.75) is 31.7 Å². The van der Waals surface area contributed by atoms with E-state index in [4.69, 9.17) is 9.47 Å². The molecule has 3 aliphatic heterocycles. The summed E-state index contributed by atoms with van der Waals surface area (Å²) >= 11 is 0. The van der Waals surface area contributed by atoms with Gasteiger partial charge < -0.3 is 14.4 Å². The minimum absolute atomic E-state index is 0.00830. The molecular weight excluding hydrogens is 322 g/mol. The number of hydrogen-bond donors (Lipinski definition) is 0. The van der Waals surface area contributed by atoms with E-state index in [2.05, 4.69) is 5.10 Å². The highest BCUT2D eigenvalue weighted by atomic mass is 16.6. The lowest BCUT2D eigenvalue weighted by atomic mass is 10.0. The van der Waals surface area contributed by atoms with Crippen LogP contribution in [0.5, 0.6) is 11.5 Å². The number of benzene rings is 1. The summed E-state index contributed by atoms with van der Waals surface area (Å²) < 4.78 is 11.2. The molecule has 0 spiro atoms. The number of likely N-dealkylation sites (tertiary alicyclic amines) is 1. The molecule has 1 fully saturated rings. The number of nitrogens with zero attached hydrogens (tertiary/aromatic N) is 3. The van der Waals surface area contributed by atoms with Gasteiger partial charge in [-0.25, -0.2) is 5.01 Å². The van der Waals surface area contributed by atoms with Gasteiger partial charge in [0.1, 0.15) is 18.9 Å². The van der Waals surface area contributed by atoms with E-state index in [0.717, 1.165) is 29.9 Å². The molecule has 0 N–H and O–H groups in total. The minimum Gasteiger partial charge on any atom is -0.486 e. The third-order valence-corrected chi connectivity index (χ3v) is 4.92. The fourth-order valence-corrected chi connectivity index (χ4v) is 3.61. The Hall–Kier alpha value is -2.57. The molecule has 4 rings (SSSR count). The molecule has 0 unspecified atom stereocenters. The van der Waals surface area contributed by atoms with Gasteiger partial charge in [0.25, 0.3) is 5.91 Å². The Morgan fingerprint density at radius 3 is 2.80 bits per heavy atom. The molecule has 2 amide bonds. The lowest BCUT2D eigenvalue weighted by molar-refractivity contribution is -0.130. The molecule has 0 radical (unpaired) electrons. The summed E-state index contributed by atoms with van der Waals surface area (Å²) in [5.74, 6) is 1.36. The maximum absolute atomic E-state index is 12.9. The van der Waals surface area contributed by atoms with Gasteiger partial charge in [-0.1, -0.05) is 6.07 Å². The fraction of sp³-hybridized carbons (Fsp3) is 0.500. The highest BCUT2D eigenvalue weighted by molar-refractivity contribution is 6.39. The topological polar surface area (TPSA) is 71.4 Å². The maximum Gasteiger partial charge on any atom is 0.270 e. The summed E-state index contributed by atoms with van der Waals surface area (Å²) in [6, 6.07) is 5.90. The van der Waals surface area contributed by atoms with Crippen LogP contribution in [0.25, 0.3) is 0 Å². The van der Waals surface area contributed by atoms with Crippen LogP contribution in [-0.2, 0) is 9.59 Å². The molecule has 0 saturated carbocycles. The Labute approximate surface area is 146 Å². The van der Waals surface area contributed by atoms with Crippen molar-refractivity contribution in [3.05, 3.63) is 23.8 Å². The minimum atomic E-state index is -0.0725. The normalized spacial score (nSPS) is 22.8. The van der Waals surface area contributed by atoms with Crippen LogP contribution in [0.4, 0.5) is 0 Å². The lowest BCUT2D eigenvalue weighted by Gasteiger charge is -2.28. The second-order valence-electron chi connectivity index (χ2n) is 6.52. The molecule has 1 atom stereocenters. The Morgan fingerprint density at radius 2 is 2.00 bits per heavy atom. The number of hydrazone groups is 1. The molecule has 3 heterocycles. The van der Waals surface area contributed by atoms with E-state index < -0.39 is 0 Å². The summed E-state index contributed by atoms with van der Waals surface area (Å²) in [6.45, 7) is 1.81. The van der Waals surface area contributed by atoms with Crippen LogP contribution in [0.3, 0.4) is 0 Å². The molecular formula is C18H21N3O4. The van der Waals surface area contributed by atoms with Gasteiger partial charge in [0.05, 0.1) is 6.04 Å². The van der Waals surface area contributed by atoms with Gasteiger partial charge in [0.15, 0.2) is 11.5 Å². The summed E-state index contributed by atoms with van der Waals surface area (Å²) in [6.07, 6.45) is 2.61. The maximum atomic E-state index is 12.9. The molecule has 0 aromatic heterocycles. The number of carbonyl (C=O) groups excluding carboxylic acids is 2. The number of hydrogen-bond acceptors (Lipinski definition) is 5. The molecule has 7 nitrogen and oxygen atoms in total. The van der Waals surface area contributed by atoms with Crippen molar-refractivity contribution in [1.82, 2.24) is 9.91 Å². The number of carbonyl (C=O) groups is 2. The third-order valence-electron chi connectivity index (χ3n) is 4.92. The van der Waals surface area contributed by atoms with Gasteiger partial charge in [-0.3, -0.25) is 9.59 Å². The third kappa shape index (κ3) is 2.94. The van der Waals surface area contributed by atoms with Crippen molar-refractivity contribution in [2.24, 2.45) is 5.10 Å². The Kier molecular flexibility index (Phi) is 4.07. The summed E-state index contributed by atoms with van der Waals surface area (Å²) in [5, 5.41) is 5.44. The van der Waals surface area contributed by atoms with Gasteiger partial charge in [0.2, 0.25) is 5.91 Å². The zero-order valence-electron chi connectivity index (χ0n) is 14.2. The fourth-order valence-electron chi connectivity index (χ4n) is 3.61. The van der Waals surface area contributed by atoms with Crippen LogP contribution < -0.4 is 9.47 Å². The Morgan fingerprint density at radius 1 is 1.20 bits per heavy atom. The first-order valence-corrected chi connectivity index (χ1v) is 8.68. The monoisotopic (exact) mass is 343 g/mol. The van der Waals surface area contributed by atoms with Crippen LogP contribution in [0.1, 0.15) is 37.3 Å². The first-order chi connectivity index (χ1) is 12.1. The van der Waals surface area contributed by atoms with Crippen LogP contribution in [0, 0.1) is 0 Å². The molecule has 132 valence electrons. The molecule has 3 aliphatic rings. The largest absolute Gasteiger partial charge is 0.486 e. The van der Waals surface area contributed by atoms with Gasteiger partial charge >= 0.3 is 0 Å². The van der Waals surface area contributed by atoms with Crippen LogP contribution in [0.15, 0.2) is 23.3 Å². The number of rotatable bonds is 2. The highest BCUT2D eigenvalue weighted by Crippen LogP contribution is 2.38. The van der Waals surface area contributed by atoms with Crippen molar-refractivity contribution in [2.75, 3.05) is 26.8 Å². The number of amides is 2.